The van der Waals surface area contributed by atoms with Crippen LogP contribution in [0.25, 0.3) is 0 Å². The summed E-state index contributed by atoms with van der Waals surface area (Å²) in [6.07, 6.45) is 0. The first-order valence-corrected chi connectivity index (χ1v) is 6.98. The van der Waals surface area contributed by atoms with Gasteiger partial charge in [0.25, 0.3) is 5.91 Å². The molecule has 0 aliphatic heterocycles. The van der Waals surface area contributed by atoms with E-state index < -0.39 is 33.7 Å². The van der Waals surface area contributed by atoms with Crippen LogP contribution in [0.1, 0.15) is 10.4 Å². The average molecular weight is 312 g/mol. The SMILES string of the molecule is C=[S-](=O)c1cccc(C(=O)Nc2cc(F)c(F)c(F)c2)c1. The molecule has 0 radical (unpaired) electrons. The Balaban J connectivity index is 2.28. The molecule has 0 saturated carbocycles. The van der Waals surface area contributed by atoms with Gasteiger partial charge in [-0.15, -0.1) is 4.90 Å². The molecular weight excluding hydrogens is 303 g/mol. The number of halogens is 3. The molecule has 0 atom stereocenters. The van der Waals surface area contributed by atoms with Crippen LogP contribution in [0.5, 0.6) is 0 Å². The quantitative estimate of drug-likeness (QED) is 0.538. The molecule has 2 aromatic carbocycles. The summed E-state index contributed by atoms with van der Waals surface area (Å²) in [4.78, 5) is 12.3. The number of nitrogens with one attached hydrogen (secondary N) is 1. The molecule has 0 aromatic heterocycles. The molecule has 110 valence electrons. The molecule has 0 bridgehead atoms. The van der Waals surface area contributed by atoms with Crippen molar-refractivity contribution in [1.29, 1.82) is 0 Å². The second-order valence-corrected chi connectivity index (χ2v) is 5.24. The van der Waals surface area contributed by atoms with Gasteiger partial charge in [-0.05, 0) is 6.07 Å². The fourth-order valence-electron chi connectivity index (χ4n) is 1.61. The Morgan fingerprint density at radius 1 is 1.10 bits per heavy atom. The second-order valence-electron chi connectivity index (χ2n) is 4.08. The highest BCUT2D eigenvalue weighted by Gasteiger charge is 2.12. The lowest BCUT2D eigenvalue weighted by molar-refractivity contribution is 0.102. The Hall–Kier alpha value is -2.28. The second kappa shape index (κ2) is 6.01. The van der Waals surface area contributed by atoms with Crippen molar-refractivity contribution in [2.24, 2.45) is 0 Å². The minimum atomic E-state index is -1.61. The lowest BCUT2D eigenvalue weighted by Gasteiger charge is -2.09. The number of carbonyl (C=O) groups is 1. The Morgan fingerprint density at radius 3 is 2.29 bits per heavy atom. The summed E-state index contributed by atoms with van der Waals surface area (Å²) in [6, 6.07) is 7.13. The van der Waals surface area contributed by atoms with E-state index in [1.54, 1.807) is 0 Å². The van der Waals surface area contributed by atoms with Crippen molar-refractivity contribution in [3.8, 4) is 0 Å². The zero-order valence-electron chi connectivity index (χ0n) is 10.5. The van der Waals surface area contributed by atoms with Gasteiger partial charge in [0.05, 0.1) is 0 Å². The van der Waals surface area contributed by atoms with Gasteiger partial charge in [-0.2, -0.15) is 5.87 Å². The lowest BCUT2D eigenvalue weighted by Crippen LogP contribution is -2.12. The normalized spacial score (nSPS) is 10.7. The highest BCUT2D eigenvalue weighted by atomic mass is 32.2. The van der Waals surface area contributed by atoms with Crippen molar-refractivity contribution >= 4 is 27.9 Å². The van der Waals surface area contributed by atoms with Crippen LogP contribution < -0.4 is 5.32 Å². The minimum absolute atomic E-state index is 0.134. The van der Waals surface area contributed by atoms with E-state index in [9.17, 15) is 22.2 Å². The smallest absolute Gasteiger partial charge is 0.255 e. The van der Waals surface area contributed by atoms with Gasteiger partial charge in [-0.1, -0.05) is 18.2 Å². The van der Waals surface area contributed by atoms with Gasteiger partial charge in [-0.3, -0.25) is 15.2 Å². The van der Waals surface area contributed by atoms with Gasteiger partial charge < -0.3 is 9.53 Å². The Labute approximate surface area is 120 Å². The number of benzene rings is 2. The zero-order chi connectivity index (χ0) is 15.6. The van der Waals surface area contributed by atoms with E-state index in [1.807, 2.05) is 0 Å². The summed E-state index contributed by atoms with van der Waals surface area (Å²) in [5.41, 5.74) is -0.0906. The molecule has 0 spiro atoms. The van der Waals surface area contributed by atoms with Crippen molar-refractivity contribution in [3.05, 3.63) is 59.4 Å². The topological polar surface area (TPSA) is 46.2 Å². The maximum absolute atomic E-state index is 13.0. The van der Waals surface area contributed by atoms with Gasteiger partial charge in [0.1, 0.15) is 0 Å². The number of rotatable bonds is 3. The van der Waals surface area contributed by atoms with E-state index in [-0.39, 0.29) is 11.3 Å². The first kappa shape index (κ1) is 15.1. The number of anilines is 1. The first-order chi connectivity index (χ1) is 9.88. The summed E-state index contributed by atoms with van der Waals surface area (Å²) in [5.74, 6) is -1.77. The van der Waals surface area contributed by atoms with E-state index in [2.05, 4.69) is 11.2 Å². The fourth-order valence-corrected chi connectivity index (χ4v) is 2.10. The molecule has 3 nitrogen and oxygen atoms in total. The van der Waals surface area contributed by atoms with Gasteiger partial charge in [-0.25, -0.2) is 13.2 Å². The molecule has 0 saturated heterocycles. The summed E-state index contributed by atoms with van der Waals surface area (Å²) < 4.78 is 50.1. The fraction of sp³-hybridized carbons (Fsp3) is 0. The predicted molar refractivity (Wildman–Crippen MR) is 74.1 cm³/mol. The van der Waals surface area contributed by atoms with E-state index in [0.29, 0.717) is 17.0 Å². The van der Waals surface area contributed by atoms with Crippen LogP contribution in [0.4, 0.5) is 18.9 Å². The van der Waals surface area contributed by atoms with Gasteiger partial charge >= 0.3 is 0 Å². The summed E-state index contributed by atoms with van der Waals surface area (Å²) in [7, 11) is -1.51. The molecule has 7 heteroatoms. The van der Waals surface area contributed by atoms with Crippen LogP contribution in [0.15, 0.2) is 41.3 Å². The van der Waals surface area contributed by atoms with E-state index in [4.69, 9.17) is 0 Å². The van der Waals surface area contributed by atoms with Crippen LogP contribution in [0.2, 0.25) is 0 Å². The third-order valence-corrected chi connectivity index (χ3v) is 3.38. The first-order valence-electron chi connectivity index (χ1n) is 5.66. The van der Waals surface area contributed by atoms with Crippen LogP contribution in [0, 0.1) is 17.5 Å². The molecule has 0 aliphatic carbocycles. The number of carbonyl (C=O) groups excluding carboxylic acids is 1. The summed E-state index contributed by atoms with van der Waals surface area (Å²) in [5, 5.41) is 2.23. The molecule has 0 fully saturated rings. The standard InChI is InChI=1S/C14H9F3NO2S/c1-21(20)10-4-2-3-8(5-10)14(19)18-9-6-11(15)13(17)12(16)7-9/h2-7H,1H2,(H,18,19)/q-1. The van der Waals surface area contributed by atoms with E-state index in [0.717, 1.165) is 0 Å². The number of hydrogen-bond acceptors (Lipinski definition) is 3. The molecular formula is C14H9F3NO2S-. The van der Waals surface area contributed by atoms with Crippen LogP contribution in [-0.2, 0) is 14.6 Å². The molecule has 2 rings (SSSR count). The Morgan fingerprint density at radius 2 is 1.71 bits per heavy atom. The van der Waals surface area contributed by atoms with Crippen molar-refractivity contribution in [3.63, 3.8) is 0 Å². The highest BCUT2D eigenvalue weighted by molar-refractivity contribution is 7.82. The monoisotopic (exact) mass is 312 g/mol. The summed E-state index contributed by atoms with van der Waals surface area (Å²) in [6.45, 7) is 0. The van der Waals surface area contributed by atoms with Gasteiger partial charge in [0.15, 0.2) is 17.5 Å². The molecule has 0 unspecified atom stereocenters. The molecule has 2 aromatic rings. The van der Waals surface area contributed by atoms with Crippen molar-refractivity contribution in [2.75, 3.05) is 5.32 Å². The van der Waals surface area contributed by atoms with Crippen molar-refractivity contribution < 1.29 is 22.2 Å². The number of hydrogen-bond donors (Lipinski definition) is 1. The summed E-state index contributed by atoms with van der Waals surface area (Å²) >= 11 is 0. The van der Waals surface area contributed by atoms with E-state index >= 15 is 0 Å². The van der Waals surface area contributed by atoms with Gasteiger partial charge in [0.2, 0.25) is 0 Å². The van der Waals surface area contributed by atoms with Crippen molar-refractivity contribution in [2.45, 2.75) is 4.90 Å². The Bertz CT molecular complexity index is 757. The third kappa shape index (κ3) is 3.43. The predicted octanol–water partition coefficient (Wildman–Crippen LogP) is 3.11. The molecule has 0 aliphatic rings. The maximum atomic E-state index is 13.0. The molecule has 21 heavy (non-hydrogen) atoms. The van der Waals surface area contributed by atoms with Crippen LogP contribution in [0.3, 0.4) is 0 Å². The maximum Gasteiger partial charge on any atom is 0.255 e. The van der Waals surface area contributed by atoms with Crippen molar-refractivity contribution in [1.82, 2.24) is 0 Å². The highest BCUT2D eigenvalue weighted by Crippen LogP contribution is 2.18. The lowest BCUT2D eigenvalue weighted by atomic mass is 10.2. The number of amides is 1. The molecule has 1 N–H and O–H groups in total. The average Bonchev–Trinajstić information content (AvgIpc) is 2.44. The third-order valence-electron chi connectivity index (χ3n) is 2.60. The van der Waals surface area contributed by atoms with Gasteiger partial charge in [0, 0.05) is 23.4 Å². The van der Waals surface area contributed by atoms with Crippen LogP contribution >= 0.6 is 0 Å². The molecule has 1 amide bonds. The van der Waals surface area contributed by atoms with Crippen LogP contribution in [-0.4, -0.2) is 11.8 Å². The largest absolute Gasteiger partial charge is 0.457 e. The Kier molecular flexibility index (Phi) is 4.32. The minimum Gasteiger partial charge on any atom is -0.457 e. The van der Waals surface area contributed by atoms with E-state index in [1.165, 1.54) is 24.3 Å². The zero-order valence-corrected chi connectivity index (χ0v) is 11.3. The molecule has 0 heterocycles.